The molecule has 1 amide bonds. The Balaban J connectivity index is 2.04. The van der Waals surface area contributed by atoms with Crippen molar-refractivity contribution in [2.75, 3.05) is 0 Å². The van der Waals surface area contributed by atoms with Gasteiger partial charge in [0.25, 0.3) is 5.91 Å². The number of aliphatic imine (C=N–C) groups is 1. The van der Waals surface area contributed by atoms with Crippen LogP contribution in [0.5, 0.6) is 0 Å². The quantitative estimate of drug-likeness (QED) is 0.720. The number of hydrogen-bond donors (Lipinski definition) is 0. The van der Waals surface area contributed by atoms with Crippen LogP contribution in [0.2, 0.25) is 0 Å². The van der Waals surface area contributed by atoms with Crippen molar-refractivity contribution >= 4 is 40.2 Å². The number of fused-ring (bicyclic) bond motifs is 1. The smallest absolute Gasteiger partial charge is 0.266 e. The van der Waals surface area contributed by atoms with Crippen LogP contribution in [0.1, 0.15) is 5.69 Å². The van der Waals surface area contributed by atoms with Gasteiger partial charge in [-0.3, -0.25) is 4.79 Å². The molecule has 1 aliphatic rings. The molecule has 4 heteroatoms. The first-order valence-corrected chi connectivity index (χ1v) is 6.02. The van der Waals surface area contributed by atoms with Crippen LogP contribution in [-0.2, 0) is 4.79 Å². The van der Waals surface area contributed by atoms with Gasteiger partial charge in [0.05, 0.1) is 21.7 Å². The lowest BCUT2D eigenvalue weighted by atomic mass is 10.2. The van der Waals surface area contributed by atoms with E-state index < -0.39 is 0 Å². The molecular formula is C13H8N2OS. The number of amides is 1. The van der Waals surface area contributed by atoms with E-state index in [-0.39, 0.29) is 5.91 Å². The van der Waals surface area contributed by atoms with E-state index in [4.69, 9.17) is 0 Å². The van der Waals surface area contributed by atoms with Crippen molar-refractivity contribution < 1.29 is 4.79 Å². The summed E-state index contributed by atoms with van der Waals surface area (Å²) in [5, 5.41) is 1.09. The number of hydrogen-bond acceptors (Lipinski definition) is 3. The van der Waals surface area contributed by atoms with Crippen LogP contribution in [0, 0.1) is 0 Å². The normalized spacial score (nSPS) is 17.2. The third-order valence-electron chi connectivity index (χ3n) is 2.46. The maximum absolute atomic E-state index is 11.3. The molecule has 1 aromatic carbocycles. The zero-order chi connectivity index (χ0) is 11.7. The molecule has 0 bridgehead atoms. The van der Waals surface area contributed by atoms with Gasteiger partial charge in [0.2, 0.25) is 0 Å². The second kappa shape index (κ2) is 4.14. The summed E-state index contributed by atoms with van der Waals surface area (Å²) in [5.41, 5.74) is 3.26. The third-order valence-corrected chi connectivity index (χ3v) is 3.22. The zero-order valence-corrected chi connectivity index (χ0v) is 9.65. The average Bonchev–Trinajstić information content (AvgIpc) is 2.75. The van der Waals surface area contributed by atoms with Crippen molar-refractivity contribution in [3.63, 3.8) is 0 Å². The molecule has 2 heterocycles. The Kier molecular flexibility index (Phi) is 2.49. The number of benzene rings is 1. The van der Waals surface area contributed by atoms with Gasteiger partial charge in [-0.05, 0) is 18.2 Å². The molecule has 0 atom stereocenters. The fourth-order valence-corrected chi connectivity index (χ4v) is 2.24. The second-order valence-electron chi connectivity index (χ2n) is 3.59. The molecule has 0 saturated carbocycles. The summed E-state index contributed by atoms with van der Waals surface area (Å²) >= 11 is 1.33. The van der Waals surface area contributed by atoms with Crippen LogP contribution in [0.3, 0.4) is 0 Å². The van der Waals surface area contributed by atoms with Crippen molar-refractivity contribution in [2.24, 2.45) is 4.99 Å². The molecule has 0 radical (unpaired) electrons. The van der Waals surface area contributed by atoms with Crippen LogP contribution >= 0.6 is 11.8 Å². The Morgan fingerprint density at radius 2 is 2.00 bits per heavy atom. The number of rotatable bonds is 1. The largest absolute Gasteiger partial charge is 0.284 e. The highest BCUT2D eigenvalue weighted by Gasteiger charge is 2.13. The fourth-order valence-electron chi connectivity index (χ4n) is 1.64. The van der Waals surface area contributed by atoms with Crippen molar-refractivity contribution in [2.45, 2.75) is 0 Å². The molecule has 1 aromatic heterocycles. The number of carbonyl (C=O) groups excluding carboxylic acids is 1. The summed E-state index contributed by atoms with van der Waals surface area (Å²) in [5.74, 6) is -0.190. The van der Waals surface area contributed by atoms with Gasteiger partial charge < -0.3 is 0 Å². The minimum atomic E-state index is -0.190. The second-order valence-corrected chi connectivity index (χ2v) is 4.48. The summed E-state index contributed by atoms with van der Waals surface area (Å²) in [6, 6.07) is 11.8. The van der Waals surface area contributed by atoms with E-state index in [1.807, 2.05) is 36.4 Å². The Labute approximate surface area is 102 Å². The highest BCUT2D eigenvalue weighted by Crippen LogP contribution is 2.23. The van der Waals surface area contributed by atoms with Gasteiger partial charge in [-0.15, -0.1) is 0 Å². The highest BCUT2D eigenvalue weighted by molar-refractivity contribution is 8.16. The predicted octanol–water partition coefficient (Wildman–Crippen LogP) is 2.88. The van der Waals surface area contributed by atoms with Crippen LogP contribution in [-0.4, -0.2) is 16.4 Å². The van der Waals surface area contributed by atoms with E-state index in [0.717, 1.165) is 16.6 Å². The molecule has 0 saturated heterocycles. The van der Waals surface area contributed by atoms with Crippen LogP contribution in [0.15, 0.2) is 46.3 Å². The summed E-state index contributed by atoms with van der Waals surface area (Å²) in [4.78, 5) is 20.1. The first-order valence-electron chi connectivity index (χ1n) is 5.14. The van der Waals surface area contributed by atoms with Gasteiger partial charge in [-0.2, -0.15) is 0 Å². The number of thioether (sulfide) groups is 1. The third kappa shape index (κ3) is 1.99. The van der Waals surface area contributed by atoms with E-state index in [0.29, 0.717) is 4.91 Å². The maximum atomic E-state index is 11.3. The SMILES string of the molecule is O=C1N=CSC1=Cc1ccc2ccccc2n1. The lowest BCUT2D eigenvalue weighted by Crippen LogP contribution is -1.90. The molecule has 0 spiro atoms. The zero-order valence-electron chi connectivity index (χ0n) is 8.83. The predicted molar refractivity (Wildman–Crippen MR) is 70.8 cm³/mol. The lowest BCUT2D eigenvalue weighted by molar-refractivity contribution is -0.113. The maximum Gasteiger partial charge on any atom is 0.284 e. The molecule has 82 valence electrons. The molecule has 0 fully saturated rings. The molecular weight excluding hydrogens is 232 g/mol. The number of aromatic nitrogens is 1. The molecule has 3 nitrogen and oxygen atoms in total. The van der Waals surface area contributed by atoms with Gasteiger partial charge in [-0.25, -0.2) is 9.98 Å². The van der Waals surface area contributed by atoms with Crippen molar-refractivity contribution in [1.29, 1.82) is 0 Å². The van der Waals surface area contributed by atoms with Crippen molar-refractivity contribution in [3.05, 3.63) is 47.0 Å². The van der Waals surface area contributed by atoms with E-state index in [1.165, 1.54) is 11.8 Å². The Morgan fingerprint density at radius 1 is 1.12 bits per heavy atom. The molecule has 1 aliphatic heterocycles. The number of carbonyl (C=O) groups is 1. The first-order chi connectivity index (χ1) is 8.33. The van der Waals surface area contributed by atoms with Gasteiger partial charge in [0, 0.05) is 5.39 Å². The van der Waals surface area contributed by atoms with Crippen LogP contribution in [0.25, 0.3) is 17.0 Å². The number of pyridine rings is 1. The standard InChI is InChI=1S/C13H8N2OS/c16-13-12(17-8-14-13)7-10-6-5-9-3-1-2-4-11(9)15-10/h1-8H. The van der Waals surface area contributed by atoms with Crippen molar-refractivity contribution in [1.82, 2.24) is 4.98 Å². The fraction of sp³-hybridized carbons (Fsp3) is 0. The van der Waals surface area contributed by atoms with E-state index >= 15 is 0 Å². The molecule has 0 aliphatic carbocycles. The number of nitrogens with zero attached hydrogens (tertiary/aromatic N) is 2. The molecule has 0 N–H and O–H groups in total. The summed E-state index contributed by atoms with van der Waals surface area (Å²) in [6.45, 7) is 0. The van der Waals surface area contributed by atoms with Crippen molar-refractivity contribution in [3.8, 4) is 0 Å². The molecule has 0 unspecified atom stereocenters. The summed E-state index contributed by atoms with van der Waals surface area (Å²) < 4.78 is 0. The van der Waals surface area contributed by atoms with Gasteiger partial charge in [0.1, 0.15) is 0 Å². The Bertz CT molecular complexity index is 661. The molecule has 17 heavy (non-hydrogen) atoms. The Hall–Kier alpha value is -1.94. The summed E-state index contributed by atoms with van der Waals surface area (Å²) in [7, 11) is 0. The molecule has 3 rings (SSSR count). The monoisotopic (exact) mass is 240 g/mol. The topological polar surface area (TPSA) is 42.3 Å². The number of para-hydroxylation sites is 1. The van der Waals surface area contributed by atoms with Gasteiger partial charge >= 0.3 is 0 Å². The minimum Gasteiger partial charge on any atom is -0.266 e. The van der Waals surface area contributed by atoms with Gasteiger partial charge in [0.15, 0.2) is 0 Å². The lowest BCUT2D eigenvalue weighted by Gasteiger charge is -1.99. The first kappa shape index (κ1) is 10.2. The summed E-state index contributed by atoms with van der Waals surface area (Å²) in [6.07, 6.45) is 1.77. The van der Waals surface area contributed by atoms with E-state index in [2.05, 4.69) is 9.98 Å². The average molecular weight is 240 g/mol. The molecule has 2 aromatic rings. The highest BCUT2D eigenvalue weighted by atomic mass is 32.2. The minimum absolute atomic E-state index is 0.190. The van der Waals surface area contributed by atoms with E-state index in [1.54, 1.807) is 11.6 Å². The van der Waals surface area contributed by atoms with Crippen LogP contribution in [0.4, 0.5) is 0 Å². The Morgan fingerprint density at radius 3 is 2.82 bits per heavy atom. The van der Waals surface area contributed by atoms with Crippen LogP contribution < -0.4 is 0 Å². The van der Waals surface area contributed by atoms with Gasteiger partial charge in [-0.1, -0.05) is 36.0 Å². The van der Waals surface area contributed by atoms with E-state index in [9.17, 15) is 4.79 Å².